The summed E-state index contributed by atoms with van der Waals surface area (Å²) in [5.41, 5.74) is 4.21. The molecule has 2 amide bonds. The summed E-state index contributed by atoms with van der Waals surface area (Å²) in [7, 11) is 0. The summed E-state index contributed by atoms with van der Waals surface area (Å²) in [4.78, 5) is 34.2. The third kappa shape index (κ3) is 4.25. The van der Waals surface area contributed by atoms with Crippen molar-refractivity contribution in [2.24, 2.45) is 0 Å². The zero-order valence-electron chi connectivity index (χ0n) is 18.4. The van der Waals surface area contributed by atoms with Gasteiger partial charge in [0, 0.05) is 49.1 Å². The lowest BCUT2D eigenvalue weighted by molar-refractivity contribution is -0.114. The van der Waals surface area contributed by atoms with E-state index in [0.29, 0.717) is 22.5 Å². The van der Waals surface area contributed by atoms with Gasteiger partial charge in [0.25, 0.3) is 11.8 Å². The number of imide groups is 1. The Balaban J connectivity index is 1.36. The number of carbonyl (C=O) groups excluding carboxylic acids is 2. The Morgan fingerprint density at radius 1 is 1.03 bits per heavy atom. The van der Waals surface area contributed by atoms with Gasteiger partial charge < -0.3 is 19.5 Å². The van der Waals surface area contributed by atoms with Crippen LogP contribution < -0.4 is 15.5 Å². The van der Waals surface area contributed by atoms with Crippen LogP contribution in [0.25, 0.3) is 16.7 Å². The average Bonchev–Trinajstić information content (AvgIpc) is 3.39. The molecule has 0 spiro atoms. The highest BCUT2D eigenvalue weighted by Crippen LogP contribution is 2.30. The molecule has 1 saturated heterocycles. The summed E-state index contributed by atoms with van der Waals surface area (Å²) in [5.74, 6) is -0.234. The summed E-state index contributed by atoms with van der Waals surface area (Å²) < 4.78 is 5.16. The van der Waals surface area contributed by atoms with E-state index in [1.165, 1.54) is 0 Å². The second-order valence-corrected chi connectivity index (χ2v) is 8.08. The molecule has 0 saturated carbocycles. The third-order valence-corrected chi connectivity index (χ3v) is 6.18. The summed E-state index contributed by atoms with van der Waals surface area (Å²) in [6.45, 7) is 7.33. The number of hydrogen-bond donors (Lipinski definition) is 2. The van der Waals surface area contributed by atoms with Gasteiger partial charge >= 0.3 is 0 Å². The van der Waals surface area contributed by atoms with E-state index >= 15 is 0 Å². The predicted octanol–water partition coefficient (Wildman–Crippen LogP) is 3.21. The molecule has 8 nitrogen and oxygen atoms in total. The highest BCUT2D eigenvalue weighted by molar-refractivity contribution is 6.31. The van der Waals surface area contributed by atoms with Crippen LogP contribution in [0.1, 0.15) is 22.8 Å². The van der Waals surface area contributed by atoms with Crippen LogP contribution in [0, 0.1) is 0 Å². The van der Waals surface area contributed by atoms with Crippen LogP contribution in [-0.2, 0) is 4.79 Å². The Hall–Kier alpha value is -3.91. The molecular formula is C25H25N5O3. The minimum atomic E-state index is -0.449. The minimum absolute atomic E-state index is 0.372. The number of aromatic nitrogens is 1. The second kappa shape index (κ2) is 8.91. The van der Waals surface area contributed by atoms with Crippen LogP contribution in [0.15, 0.2) is 65.7 Å². The number of piperazine rings is 1. The number of furan rings is 1. The number of benzene rings is 1. The van der Waals surface area contributed by atoms with E-state index < -0.39 is 11.8 Å². The van der Waals surface area contributed by atoms with Crippen LogP contribution in [0.3, 0.4) is 0 Å². The molecule has 33 heavy (non-hydrogen) atoms. The van der Waals surface area contributed by atoms with Crippen molar-refractivity contribution < 1.29 is 14.0 Å². The molecule has 5 rings (SSSR count). The van der Waals surface area contributed by atoms with Gasteiger partial charge in [-0.3, -0.25) is 14.9 Å². The monoisotopic (exact) mass is 443 g/mol. The SMILES string of the molecule is CCN1CCN(c2ccc(N/C=C3\C(=O)NC(=O)c4ccc(-c5ccoc5)cc43)nc2)CC1. The van der Waals surface area contributed by atoms with Crippen LogP contribution in [-0.4, -0.2) is 54.4 Å². The fourth-order valence-corrected chi connectivity index (χ4v) is 4.20. The molecule has 0 aliphatic carbocycles. The molecule has 1 fully saturated rings. The van der Waals surface area contributed by atoms with Gasteiger partial charge in [0.05, 0.1) is 30.0 Å². The first-order valence-electron chi connectivity index (χ1n) is 11.0. The fraction of sp³-hybridized carbons (Fsp3) is 0.240. The Morgan fingerprint density at radius 3 is 2.58 bits per heavy atom. The van der Waals surface area contributed by atoms with Gasteiger partial charge in [0.1, 0.15) is 5.82 Å². The van der Waals surface area contributed by atoms with Gasteiger partial charge in [-0.2, -0.15) is 0 Å². The van der Waals surface area contributed by atoms with Gasteiger partial charge in [-0.1, -0.05) is 13.0 Å². The number of nitrogens with zero attached hydrogens (tertiary/aromatic N) is 3. The number of rotatable bonds is 5. The number of pyridine rings is 1. The number of fused-ring (bicyclic) bond motifs is 1. The highest BCUT2D eigenvalue weighted by Gasteiger charge is 2.27. The van der Waals surface area contributed by atoms with Gasteiger partial charge in [-0.25, -0.2) is 4.98 Å². The van der Waals surface area contributed by atoms with E-state index in [1.54, 1.807) is 24.8 Å². The third-order valence-electron chi connectivity index (χ3n) is 6.18. The first-order chi connectivity index (χ1) is 16.1. The fourth-order valence-electron chi connectivity index (χ4n) is 4.20. The molecule has 168 valence electrons. The molecule has 2 aliphatic rings. The van der Waals surface area contributed by atoms with Crippen LogP contribution in [0.4, 0.5) is 11.5 Å². The van der Waals surface area contributed by atoms with Crippen molar-refractivity contribution >= 4 is 28.9 Å². The summed E-state index contributed by atoms with van der Waals surface area (Å²) in [6, 6.07) is 11.2. The molecule has 2 N–H and O–H groups in total. The summed E-state index contributed by atoms with van der Waals surface area (Å²) >= 11 is 0. The Labute approximate surface area is 191 Å². The normalized spacial score (nSPS) is 17.7. The molecule has 2 aromatic heterocycles. The number of likely N-dealkylation sites (N-methyl/N-ethyl adjacent to an activating group) is 1. The number of nitrogens with one attached hydrogen (secondary N) is 2. The second-order valence-electron chi connectivity index (χ2n) is 8.08. The van der Waals surface area contributed by atoms with E-state index in [0.717, 1.165) is 49.5 Å². The molecule has 3 aromatic rings. The van der Waals surface area contributed by atoms with Gasteiger partial charge in [-0.05, 0) is 42.4 Å². The lowest BCUT2D eigenvalue weighted by Gasteiger charge is -2.35. The molecule has 0 atom stereocenters. The van der Waals surface area contributed by atoms with Crippen molar-refractivity contribution in [1.82, 2.24) is 15.2 Å². The standard InChI is InChI=1S/C25H25N5O3/c1-2-29-8-10-30(11-9-29)19-4-6-23(26-14-19)27-15-22-21-13-17(18-7-12-33-16-18)3-5-20(21)24(31)28-25(22)32/h3-7,12-16H,2,8-11H2,1H3,(H,26,27)(H,28,31,32)/b22-15-. The lowest BCUT2D eigenvalue weighted by Crippen LogP contribution is -2.46. The maximum absolute atomic E-state index is 12.6. The summed E-state index contributed by atoms with van der Waals surface area (Å²) in [5, 5.41) is 5.51. The zero-order chi connectivity index (χ0) is 22.8. The van der Waals surface area contributed by atoms with E-state index in [4.69, 9.17) is 4.42 Å². The van der Waals surface area contributed by atoms with Crippen molar-refractivity contribution in [3.05, 3.63) is 72.4 Å². The van der Waals surface area contributed by atoms with Crippen LogP contribution >= 0.6 is 0 Å². The predicted molar refractivity (Wildman–Crippen MR) is 127 cm³/mol. The first kappa shape index (κ1) is 21.0. The maximum atomic E-state index is 12.6. The van der Waals surface area contributed by atoms with Gasteiger partial charge in [-0.15, -0.1) is 0 Å². The molecule has 1 aromatic carbocycles. The maximum Gasteiger partial charge on any atom is 0.260 e. The van der Waals surface area contributed by atoms with E-state index in [1.807, 2.05) is 36.5 Å². The number of hydrogen-bond acceptors (Lipinski definition) is 7. The van der Waals surface area contributed by atoms with Crippen LogP contribution in [0.5, 0.6) is 0 Å². The molecule has 4 heterocycles. The Kier molecular flexibility index (Phi) is 5.66. The zero-order valence-corrected chi connectivity index (χ0v) is 18.4. The topological polar surface area (TPSA) is 90.7 Å². The van der Waals surface area contributed by atoms with E-state index in [-0.39, 0.29) is 0 Å². The molecule has 8 heteroatoms. The molecular weight excluding hydrogens is 418 g/mol. The highest BCUT2D eigenvalue weighted by atomic mass is 16.3. The van der Waals surface area contributed by atoms with E-state index in [2.05, 4.69) is 32.3 Å². The lowest BCUT2D eigenvalue weighted by atomic mass is 9.92. The van der Waals surface area contributed by atoms with Gasteiger partial charge in [0.15, 0.2) is 0 Å². The van der Waals surface area contributed by atoms with Crippen molar-refractivity contribution in [2.75, 3.05) is 42.9 Å². The van der Waals surface area contributed by atoms with Crippen molar-refractivity contribution in [2.45, 2.75) is 6.92 Å². The number of anilines is 2. The summed E-state index contributed by atoms with van der Waals surface area (Å²) in [6.07, 6.45) is 6.66. The Morgan fingerprint density at radius 2 is 1.88 bits per heavy atom. The molecule has 2 aliphatic heterocycles. The van der Waals surface area contributed by atoms with E-state index in [9.17, 15) is 9.59 Å². The quantitative estimate of drug-likeness (QED) is 0.462. The number of carbonyl (C=O) groups is 2. The molecule has 0 bridgehead atoms. The first-order valence-corrected chi connectivity index (χ1v) is 11.0. The van der Waals surface area contributed by atoms with Crippen LogP contribution in [0.2, 0.25) is 0 Å². The Bertz CT molecular complexity index is 1190. The van der Waals surface area contributed by atoms with Crippen molar-refractivity contribution in [3.8, 4) is 11.1 Å². The number of amides is 2. The van der Waals surface area contributed by atoms with Crippen molar-refractivity contribution in [1.29, 1.82) is 0 Å². The van der Waals surface area contributed by atoms with Crippen molar-refractivity contribution in [3.63, 3.8) is 0 Å². The minimum Gasteiger partial charge on any atom is -0.472 e. The largest absolute Gasteiger partial charge is 0.472 e. The smallest absolute Gasteiger partial charge is 0.260 e. The average molecular weight is 444 g/mol. The van der Waals surface area contributed by atoms with Gasteiger partial charge in [0.2, 0.25) is 0 Å². The molecule has 0 radical (unpaired) electrons. The molecule has 0 unspecified atom stereocenters.